The average molecular weight is 379 g/mol. The lowest BCUT2D eigenvalue weighted by molar-refractivity contribution is -0.116. The molecular weight excluding hydrogens is 356 g/mol. The van der Waals surface area contributed by atoms with Gasteiger partial charge in [-0.3, -0.25) is 9.36 Å². The number of carbonyl (C=O) groups is 1. The summed E-state index contributed by atoms with van der Waals surface area (Å²) in [5.74, 6) is 1.26. The van der Waals surface area contributed by atoms with Crippen LogP contribution in [0.2, 0.25) is 0 Å². The summed E-state index contributed by atoms with van der Waals surface area (Å²) in [4.78, 5) is 14.9. The molecule has 2 heterocycles. The molecule has 0 aliphatic carbocycles. The van der Waals surface area contributed by atoms with Crippen LogP contribution in [0.1, 0.15) is 23.9 Å². The molecule has 138 valence electrons. The molecule has 6 heteroatoms. The van der Waals surface area contributed by atoms with E-state index in [-0.39, 0.29) is 11.9 Å². The van der Waals surface area contributed by atoms with Crippen molar-refractivity contribution in [2.45, 2.75) is 38.4 Å². The van der Waals surface area contributed by atoms with Crippen LogP contribution in [0.4, 0.5) is 5.69 Å². The number of nitrogens with zero attached hydrogens (tertiary/aromatic N) is 4. The first-order chi connectivity index (χ1) is 13.0. The summed E-state index contributed by atoms with van der Waals surface area (Å²) >= 11 is 1.44. The molecule has 0 N–H and O–H groups in total. The SMILES string of the molecule is Cc1cccc(-n2c(C)nnc2SCC(=O)N2c3ccccc3C[C@H]2C)c1. The topological polar surface area (TPSA) is 51.0 Å². The first kappa shape index (κ1) is 17.8. The van der Waals surface area contributed by atoms with Gasteiger partial charge in [0.05, 0.1) is 5.75 Å². The number of aromatic nitrogens is 3. The predicted octanol–water partition coefficient (Wildman–Crippen LogP) is 3.95. The van der Waals surface area contributed by atoms with E-state index >= 15 is 0 Å². The van der Waals surface area contributed by atoms with Crippen molar-refractivity contribution in [1.29, 1.82) is 0 Å². The van der Waals surface area contributed by atoms with Crippen LogP contribution in [0.5, 0.6) is 0 Å². The van der Waals surface area contributed by atoms with E-state index in [0.29, 0.717) is 5.75 Å². The monoisotopic (exact) mass is 378 g/mol. The number of amides is 1. The Bertz CT molecular complexity index is 997. The summed E-state index contributed by atoms with van der Waals surface area (Å²) in [7, 11) is 0. The molecule has 5 nitrogen and oxygen atoms in total. The summed E-state index contributed by atoms with van der Waals surface area (Å²) in [6.07, 6.45) is 0.908. The summed E-state index contributed by atoms with van der Waals surface area (Å²) in [6, 6.07) is 16.5. The fraction of sp³-hybridized carbons (Fsp3) is 0.286. The van der Waals surface area contributed by atoms with Gasteiger partial charge in [0.2, 0.25) is 5.91 Å². The van der Waals surface area contributed by atoms with Crippen LogP contribution in [0.15, 0.2) is 53.7 Å². The van der Waals surface area contributed by atoms with Gasteiger partial charge in [0.15, 0.2) is 5.16 Å². The summed E-state index contributed by atoms with van der Waals surface area (Å²) < 4.78 is 2.01. The first-order valence-corrected chi connectivity index (χ1v) is 10.0. The van der Waals surface area contributed by atoms with Crippen molar-refractivity contribution >= 4 is 23.4 Å². The standard InChI is InChI=1S/C21H22N4OS/c1-14-7-6-9-18(11-14)25-16(3)22-23-21(25)27-13-20(26)24-15(2)12-17-8-4-5-10-19(17)24/h4-11,15H,12-13H2,1-3H3/t15-/m1/s1. The molecule has 3 aromatic rings. The van der Waals surface area contributed by atoms with Crippen LogP contribution in [0.25, 0.3) is 5.69 Å². The number of para-hydroxylation sites is 1. The maximum atomic E-state index is 12.9. The Kier molecular flexibility index (Phi) is 4.74. The quantitative estimate of drug-likeness (QED) is 0.645. The van der Waals surface area contributed by atoms with E-state index in [1.54, 1.807) is 0 Å². The summed E-state index contributed by atoms with van der Waals surface area (Å²) in [6.45, 7) is 6.09. The predicted molar refractivity (Wildman–Crippen MR) is 109 cm³/mol. The third kappa shape index (κ3) is 3.37. The van der Waals surface area contributed by atoms with Crippen molar-refractivity contribution in [1.82, 2.24) is 14.8 Å². The van der Waals surface area contributed by atoms with E-state index in [1.807, 2.05) is 46.7 Å². The number of fused-ring (bicyclic) bond motifs is 1. The highest BCUT2D eigenvalue weighted by molar-refractivity contribution is 7.99. The number of carbonyl (C=O) groups excluding carboxylic acids is 1. The minimum atomic E-state index is 0.105. The van der Waals surface area contributed by atoms with E-state index in [0.717, 1.165) is 28.8 Å². The Morgan fingerprint density at radius 2 is 1.96 bits per heavy atom. The number of benzene rings is 2. The fourth-order valence-corrected chi connectivity index (χ4v) is 4.50. The molecule has 27 heavy (non-hydrogen) atoms. The van der Waals surface area contributed by atoms with Gasteiger partial charge in [0.1, 0.15) is 5.82 Å². The highest BCUT2D eigenvalue weighted by Gasteiger charge is 2.30. The zero-order valence-corrected chi connectivity index (χ0v) is 16.5. The molecule has 0 saturated heterocycles. The normalized spacial score (nSPS) is 15.8. The van der Waals surface area contributed by atoms with Gasteiger partial charge >= 0.3 is 0 Å². The molecular formula is C21H22N4OS. The zero-order chi connectivity index (χ0) is 19.0. The van der Waals surface area contributed by atoms with Gasteiger partial charge in [-0.25, -0.2) is 0 Å². The number of hydrogen-bond donors (Lipinski definition) is 0. The number of anilines is 1. The van der Waals surface area contributed by atoms with Crippen LogP contribution in [0.3, 0.4) is 0 Å². The fourth-order valence-electron chi connectivity index (χ4n) is 3.64. The molecule has 4 rings (SSSR count). The van der Waals surface area contributed by atoms with E-state index in [9.17, 15) is 4.79 Å². The van der Waals surface area contributed by atoms with E-state index in [4.69, 9.17) is 0 Å². The van der Waals surface area contributed by atoms with Crippen LogP contribution < -0.4 is 4.90 Å². The van der Waals surface area contributed by atoms with Crippen molar-refractivity contribution < 1.29 is 4.79 Å². The molecule has 1 aliphatic heterocycles. The second-order valence-electron chi connectivity index (χ2n) is 6.94. The van der Waals surface area contributed by atoms with Crippen LogP contribution in [-0.4, -0.2) is 32.5 Å². The molecule has 1 aromatic heterocycles. The van der Waals surface area contributed by atoms with Gasteiger partial charge in [-0.2, -0.15) is 0 Å². The van der Waals surface area contributed by atoms with Crippen LogP contribution in [0, 0.1) is 13.8 Å². The number of thioether (sulfide) groups is 1. The van der Waals surface area contributed by atoms with Gasteiger partial charge in [-0.05, 0) is 56.5 Å². The molecule has 0 spiro atoms. The van der Waals surface area contributed by atoms with Crippen molar-refractivity contribution in [2.75, 3.05) is 10.7 Å². The van der Waals surface area contributed by atoms with Crippen molar-refractivity contribution in [3.8, 4) is 5.69 Å². The van der Waals surface area contributed by atoms with Crippen molar-refractivity contribution in [3.63, 3.8) is 0 Å². The zero-order valence-electron chi connectivity index (χ0n) is 15.7. The summed E-state index contributed by atoms with van der Waals surface area (Å²) in [5, 5.41) is 9.25. The minimum Gasteiger partial charge on any atom is -0.308 e. The summed E-state index contributed by atoms with van der Waals surface area (Å²) in [5.41, 5.74) is 4.47. The van der Waals surface area contributed by atoms with Gasteiger partial charge in [0.25, 0.3) is 0 Å². The molecule has 1 amide bonds. The third-order valence-electron chi connectivity index (χ3n) is 4.86. The second kappa shape index (κ2) is 7.19. The largest absolute Gasteiger partial charge is 0.308 e. The van der Waals surface area contributed by atoms with Crippen LogP contribution in [-0.2, 0) is 11.2 Å². The number of hydrogen-bond acceptors (Lipinski definition) is 4. The second-order valence-corrected chi connectivity index (χ2v) is 7.88. The Hall–Kier alpha value is -2.60. The van der Waals surface area contributed by atoms with Gasteiger partial charge in [0, 0.05) is 17.4 Å². The first-order valence-electron chi connectivity index (χ1n) is 9.06. The number of rotatable bonds is 4. The smallest absolute Gasteiger partial charge is 0.237 e. The minimum absolute atomic E-state index is 0.105. The molecule has 1 atom stereocenters. The van der Waals surface area contributed by atoms with Gasteiger partial charge in [-0.1, -0.05) is 42.1 Å². The Labute approximate surface area is 163 Å². The molecule has 2 aromatic carbocycles. The Morgan fingerprint density at radius 3 is 2.78 bits per heavy atom. The molecule has 0 saturated carbocycles. The molecule has 1 aliphatic rings. The maximum absolute atomic E-state index is 12.9. The van der Waals surface area contributed by atoms with Crippen molar-refractivity contribution in [2.24, 2.45) is 0 Å². The number of aryl methyl sites for hydroxylation is 2. The Morgan fingerprint density at radius 1 is 1.15 bits per heavy atom. The van der Waals surface area contributed by atoms with E-state index < -0.39 is 0 Å². The highest BCUT2D eigenvalue weighted by Crippen LogP contribution is 2.33. The highest BCUT2D eigenvalue weighted by atomic mass is 32.2. The molecule has 0 bridgehead atoms. The lowest BCUT2D eigenvalue weighted by Crippen LogP contribution is -2.37. The van der Waals surface area contributed by atoms with Crippen molar-refractivity contribution in [3.05, 3.63) is 65.5 Å². The lowest BCUT2D eigenvalue weighted by Gasteiger charge is -2.22. The van der Waals surface area contributed by atoms with Gasteiger partial charge < -0.3 is 4.90 Å². The van der Waals surface area contributed by atoms with Gasteiger partial charge in [-0.15, -0.1) is 10.2 Å². The third-order valence-corrected chi connectivity index (χ3v) is 5.77. The average Bonchev–Trinajstić information content (AvgIpc) is 3.18. The van der Waals surface area contributed by atoms with E-state index in [2.05, 4.69) is 42.2 Å². The molecule has 0 fully saturated rings. The van der Waals surface area contributed by atoms with E-state index in [1.165, 1.54) is 22.9 Å². The lowest BCUT2D eigenvalue weighted by atomic mass is 10.1. The molecule has 0 unspecified atom stereocenters. The Balaban J connectivity index is 1.54. The maximum Gasteiger partial charge on any atom is 0.237 e. The van der Waals surface area contributed by atoms with Crippen LogP contribution >= 0.6 is 11.8 Å². The molecule has 0 radical (unpaired) electrons.